The number of carboxylic acid groups (broad SMARTS) is 1. The van der Waals surface area contributed by atoms with E-state index in [9.17, 15) is 24.3 Å². The summed E-state index contributed by atoms with van der Waals surface area (Å²) in [6.07, 6.45) is 4.86. The van der Waals surface area contributed by atoms with E-state index in [-0.39, 0.29) is 17.3 Å². The molecule has 10 nitrogen and oxygen atoms in total. The summed E-state index contributed by atoms with van der Waals surface area (Å²) in [6.45, 7) is 3.49. The van der Waals surface area contributed by atoms with Gasteiger partial charge < -0.3 is 29.6 Å². The van der Waals surface area contributed by atoms with E-state index in [0.29, 0.717) is 28.7 Å². The number of hydrogen-bond donors (Lipinski definition) is 3. The topological polar surface area (TPSA) is 144 Å². The number of carboxylic acids is 1. The molecule has 2 aromatic carbocycles. The van der Waals surface area contributed by atoms with E-state index >= 15 is 0 Å². The Kier molecular flexibility index (Phi) is 10.1. The van der Waals surface area contributed by atoms with Crippen molar-refractivity contribution < 1.29 is 33.4 Å². The van der Waals surface area contributed by atoms with Gasteiger partial charge in [0.25, 0.3) is 5.91 Å². The predicted molar refractivity (Wildman–Crippen MR) is 165 cm³/mol. The maximum atomic E-state index is 13.0. The molecule has 0 spiro atoms. The van der Waals surface area contributed by atoms with Crippen LogP contribution in [-0.2, 0) is 20.8 Å². The molecule has 42 heavy (non-hydrogen) atoms. The number of carbonyl (C=O) groups excluding carboxylic acids is 2. The number of aliphatic carboxylic acids is 1. The zero-order valence-corrected chi connectivity index (χ0v) is 25.5. The van der Waals surface area contributed by atoms with E-state index in [2.05, 4.69) is 10.6 Å². The first-order valence-corrected chi connectivity index (χ1v) is 16.1. The SMILES string of the molecule is CSCC(NC(=O)C(CSC)NC(=O)COc1cc2c(c3oc(=O)cc(-c4ccccc4)c13)CCC(C)(C)O2)C(=O)O. The molecule has 3 aromatic rings. The number of aryl methyl sites for hydroxylation is 1. The summed E-state index contributed by atoms with van der Waals surface area (Å²) in [6, 6.07) is 10.4. The van der Waals surface area contributed by atoms with Gasteiger partial charge >= 0.3 is 11.6 Å². The zero-order chi connectivity index (χ0) is 30.4. The van der Waals surface area contributed by atoms with Gasteiger partial charge in [-0.2, -0.15) is 23.5 Å². The third-order valence-corrected chi connectivity index (χ3v) is 8.11. The Morgan fingerprint density at radius 1 is 1.05 bits per heavy atom. The molecule has 0 radical (unpaired) electrons. The van der Waals surface area contributed by atoms with Crippen molar-refractivity contribution in [3.8, 4) is 22.6 Å². The number of hydrogen-bond acceptors (Lipinski definition) is 9. The molecule has 0 aliphatic carbocycles. The largest absolute Gasteiger partial charge is 0.487 e. The van der Waals surface area contributed by atoms with Crippen molar-refractivity contribution in [3.05, 3.63) is 58.4 Å². The van der Waals surface area contributed by atoms with Gasteiger partial charge in [-0.25, -0.2) is 9.59 Å². The Balaban J connectivity index is 1.65. The number of thioether (sulfide) groups is 2. The highest BCUT2D eigenvalue weighted by molar-refractivity contribution is 7.98. The second-order valence-electron chi connectivity index (χ2n) is 10.5. The summed E-state index contributed by atoms with van der Waals surface area (Å²) in [5, 5.41) is 15.1. The first-order valence-electron chi connectivity index (χ1n) is 13.3. The lowest BCUT2D eigenvalue weighted by Gasteiger charge is -2.33. The molecule has 2 amide bonds. The van der Waals surface area contributed by atoms with E-state index < -0.39 is 47.7 Å². The van der Waals surface area contributed by atoms with Gasteiger partial charge in [0.05, 0.1) is 5.39 Å². The Hall–Kier alpha value is -3.64. The second-order valence-corrected chi connectivity index (χ2v) is 12.3. The highest BCUT2D eigenvalue weighted by Crippen LogP contribution is 2.44. The molecule has 4 rings (SSSR count). The number of carbonyl (C=O) groups is 3. The van der Waals surface area contributed by atoms with Crippen LogP contribution < -0.4 is 25.7 Å². The van der Waals surface area contributed by atoms with Gasteiger partial charge in [0, 0.05) is 34.8 Å². The Morgan fingerprint density at radius 2 is 1.74 bits per heavy atom. The fourth-order valence-electron chi connectivity index (χ4n) is 4.75. The molecule has 2 heterocycles. The molecule has 1 aliphatic heterocycles. The molecule has 3 N–H and O–H groups in total. The van der Waals surface area contributed by atoms with E-state index in [1.807, 2.05) is 44.2 Å². The molecule has 0 fully saturated rings. The second kappa shape index (κ2) is 13.6. The number of benzene rings is 2. The third-order valence-electron chi connectivity index (χ3n) is 6.78. The van der Waals surface area contributed by atoms with Gasteiger partial charge in [-0.05, 0) is 44.8 Å². The fraction of sp³-hybridized carbons (Fsp3) is 0.400. The van der Waals surface area contributed by atoms with Gasteiger partial charge in [-0.1, -0.05) is 30.3 Å². The minimum atomic E-state index is -1.15. The molecular weight excluding hydrogens is 580 g/mol. The van der Waals surface area contributed by atoms with Gasteiger partial charge in [0.1, 0.15) is 34.8 Å². The smallest absolute Gasteiger partial charge is 0.336 e. The zero-order valence-electron chi connectivity index (χ0n) is 23.9. The average Bonchev–Trinajstić information content (AvgIpc) is 2.94. The summed E-state index contributed by atoms with van der Waals surface area (Å²) in [5.74, 6) is -1.10. The Morgan fingerprint density at radius 3 is 2.40 bits per heavy atom. The minimum absolute atomic E-state index is 0.189. The van der Waals surface area contributed by atoms with Crippen LogP contribution in [0.3, 0.4) is 0 Å². The van der Waals surface area contributed by atoms with Crippen molar-refractivity contribution in [1.82, 2.24) is 10.6 Å². The molecule has 2 atom stereocenters. The van der Waals surface area contributed by atoms with Crippen molar-refractivity contribution in [1.29, 1.82) is 0 Å². The molecule has 0 saturated carbocycles. The highest BCUT2D eigenvalue weighted by Gasteiger charge is 2.31. The third kappa shape index (κ3) is 7.40. The summed E-state index contributed by atoms with van der Waals surface area (Å²) >= 11 is 2.62. The number of fused-ring (bicyclic) bond motifs is 3. The van der Waals surface area contributed by atoms with Crippen LogP contribution in [0, 0.1) is 0 Å². The number of nitrogens with one attached hydrogen (secondary N) is 2. The van der Waals surface area contributed by atoms with Crippen molar-refractivity contribution in [3.63, 3.8) is 0 Å². The van der Waals surface area contributed by atoms with Gasteiger partial charge in [-0.3, -0.25) is 9.59 Å². The van der Waals surface area contributed by atoms with Gasteiger partial charge in [-0.15, -0.1) is 0 Å². The molecule has 1 aromatic heterocycles. The summed E-state index contributed by atoms with van der Waals surface area (Å²) in [5.41, 5.74) is 1.50. The van der Waals surface area contributed by atoms with Crippen LogP contribution in [0.15, 0.2) is 51.7 Å². The van der Waals surface area contributed by atoms with Crippen LogP contribution in [0.25, 0.3) is 22.1 Å². The van der Waals surface area contributed by atoms with Crippen LogP contribution in [0.4, 0.5) is 0 Å². The van der Waals surface area contributed by atoms with Crippen molar-refractivity contribution in [2.24, 2.45) is 0 Å². The fourth-order valence-corrected chi connectivity index (χ4v) is 5.87. The molecule has 12 heteroatoms. The van der Waals surface area contributed by atoms with Gasteiger partial charge in [0.2, 0.25) is 5.91 Å². The van der Waals surface area contributed by atoms with Crippen molar-refractivity contribution in [2.45, 2.75) is 44.4 Å². The molecule has 0 bridgehead atoms. The van der Waals surface area contributed by atoms with Crippen LogP contribution in [-0.4, -0.2) is 71.2 Å². The van der Waals surface area contributed by atoms with E-state index in [1.54, 1.807) is 18.6 Å². The van der Waals surface area contributed by atoms with Crippen LogP contribution >= 0.6 is 23.5 Å². The van der Waals surface area contributed by atoms with Crippen molar-refractivity contribution in [2.75, 3.05) is 30.6 Å². The molecule has 224 valence electrons. The predicted octanol–water partition coefficient (Wildman–Crippen LogP) is 3.72. The average molecular weight is 615 g/mol. The highest BCUT2D eigenvalue weighted by atomic mass is 32.2. The summed E-state index contributed by atoms with van der Waals surface area (Å²) in [4.78, 5) is 50.1. The maximum Gasteiger partial charge on any atom is 0.336 e. The molecule has 0 saturated heterocycles. The maximum absolute atomic E-state index is 13.0. The minimum Gasteiger partial charge on any atom is -0.487 e. The van der Waals surface area contributed by atoms with E-state index in [0.717, 1.165) is 17.5 Å². The molecule has 1 aliphatic rings. The standard InChI is InChI=1S/C30H34N2O8S2/c1-30(2)11-10-18-22(40-30)13-23(26-19(12-25(34)39-27(18)26)17-8-6-5-7-9-17)38-14-24(33)31-20(15-41-3)28(35)32-21(16-42-4)29(36)37/h5-9,12-13,20-21H,10-11,14-16H2,1-4H3,(H,31,33)(H,32,35)(H,36,37). The Bertz CT molecular complexity index is 1520. The lowest BCUT2D eigenvalue weighted by atomic mass is 9.91. The van der Waals surface area contributed by atoms with Crippen LogP contribution in [0.5, 0.6) is 11.5 Å². The normalized spacial score (nSPS) is 15.1. The summed E-state index contributed by atoms with van der Waals surface area (Å²) in [7, 11) is 0. The number of rotatable bonds is 12. The number of amides is 2. The Labute approximate surface area is 251 Å². The first-order chi connectivity index (χ1) is 20.0. The van der Waals surface area contributed by atoms with Crippen LogP contribution in [0.1, 0.15) is 25.8 Å². The monoisotopic (exact) mass is 614 g/mol. The lowest BCUT2D eigenvalue weighted by Crippen LogP contribution is -2.54. The van der Waals surface area contributed by atoms with E-state index in [4.69, 9.17) is 13.9 Å². The van der Waals surface area contributed by atoms with Crippen molar-refractivity contribution >= 4 is 52.3 Å². The van der Waals surface area contributed by atoms with E-state index in [1.165, 1.54) is 29.6 Å². The quantitative estimate of drug-likeness (QED) is 0.258. The first kappa shape index (κ1) is 31.3. The summed E-state index contributed by atoms with van der Waals surface area (Å²) < 4.78 is 18.0. The van der Waals surface area contributed by atoms with Gasteiger partial charge in [0.15, 0.2) is 6.61 Å². The number of ether oxygens (including phenoxy) is 2. The molecular formula is C30H34N2O8S2. The lowest BCUT2D eigenvalue weighted by molar-refractivity contribution is -0.141. The molecule has 2 unspecified atom stereocenters. The van der Waals surface area contributed by atoms with Crippen LogP contribution in [0.2, 0.25) is 0 Å².